The molecule has 0 fully saturated rings. The van der Waals surface area contributed by atoms with Gasteiger partial charge in [-0.1, -0.05) is 16.8 Å². The normalized spacial score (nSPS) is 10.4. The molecule has 1 amide bonds. The van der Waals surface area contributed by atoms with Crippen molar-refractivity contribution in [2.45, 2.75) is 6.92 Å². The predicted molar refractivity (Wildman–Crippen MR) is 94.7 cm³/mol. The maximum absolute atomic E-state index is 12.5. The van der Waals surface area contributed by atoms with Crippen LogP contribution in [0.4, 0.5) is 17.2 Å². The van der Waals surface area contributed by atoms with Crippen LogP contribution in [0.1, 0.15) is 16.1 Å². The maximum atomic E-state index is 12.5. The molecule has 0 unspecified atom stereocenters. The lowest BCUT2D eigenvalue weighted by Crippen LogP contribution is -2.13. The van der Waals surface area contributed by atoms with Gasteiger partial charge in [-0.05, 0) is 31.2 Å². The molecule has 0 spiro atoms. The van der Waals surface area contributed by atoms with Crippen molar-refractivity contribution < 1.29 is 14.1 Å². The summed E-state index contributed by atoms with van der Waals surface area (Å²) in [7, 11) is 1.52. The Morgan fingerprint density at radius 1 is 1.24 bits per heavy atom. The van der Waals surface area contributed by atoms with Crippen LogP contribution >= 0.6 is 11.6 Å². The highest BCUT2D eigenvalue weighted by Crippen LogP contribution is 2.28. The number of halogens is 1. The fraction of sp³-hybridized carbons (Fsp3) is 0.118. The minimum atomic E-state index is -0.340. The fourth-order valence-electron chi connectivity index (χ4n) is 2.18. The van der Waals surface area contributed by atoms with Crippen LogP contribution in [0.25, 0.3) is 0 Å². The van der Waals surface area contributed by atoms with Gasteiger partial charge in [-0.2, -0.15) is 0 Å². The summed E-state index contributed by atoms with van der Waals surface area (Å²) in [6.45, 7) is 1.79. The predicted octanol–water partition coefficient (Wildman–Crippen LogP) is 4.04. The molecule has 3 aromatic rings. The van der Waals surface area contributed by atoms with E-state index in [1.54, 1.807) is 43.5 Å². The monoisotopic (exact) mass is 358 g/mol. The van der Waals surface area contributed by atoms with Gasteiger partial charge in [0.05, 0.1) is 30.2 Å². The summed E-state index contributed by atoms with van der Waals surface area (Å²) in [6.07, 6.45) is 3.05. The third-order valence-corrected chi connectivity index (χ3v) is 3.55. The number of hydrogen-bond donors (Lipinski definition) is 2. The van der Waals surface area contributed by atoms with Crippen LogP contribution in [0.3, 0.4) is 0 Å². The number of hydrogen-bond acceptors (Lipinski definition) is 6. The molecule has 0 aliphatic heterocycles. The van der Waals surface area contributed by atoms with Crippen LogP contribution in [-0.2, 0) is 0 Å². The first-order chi connectivity index (χ1) is 12.0. The number of rotatable bonds is 5. The SMILES string of the molecule is COc1ccc(Cl)cc1NC(=O)c1cncc(Nc2cc(C)on2)c1. The number of ether oxygens (including phenoxy) is 1. The van der Waals surface area contributed by atoms with Crippen molar-refractivity contribution in [3.8, 4) is 5.75 Å². The van der Waals surface area contributed by atoms with E-state index in [-0.39, 0.29) is 5.91 Å². The van der Waals surface area contributed by atoms with Crippen molar-refractivity contribution in [2.24, 2.45) is 0 Å². The van der Waals surface area contributed by atoms with E-state index >= 15 is 0 Å². The summed E-state index contributed by atoms with van der Waals surface area (Å²) >= 11 is 5.98. The molecule has 2 heterocycles. The Balaban J connectivity index is 1.78. The van der Waals surface area contributed by atoms with E-state index < -0.39 is 0 Å². The molecule has 0 atom stereocenters. The third-order valence-electron chi connectivity index (χ3n) is 3.31. The Morgan fingerprint density at radius 2 is 2.08 bits per heavy atom. The number of pyridine rings is 1. The van der Waals surface area contributed by atoms with Crippen molar-refractivity contribution in [3.05, 3.63) is 59.1 Å². The first-order valence-electron chi connectivity index (χ1n) is 7.35. The maximum Gasteiger partial charge on any atom is 0.257 e. The molecule has 0 radical (unpaired) electrons. The highest BCUT2D eigenvalue weighted by Gasteiger charge is 2.12. The minimum absolute atomic E-state index is 0.340. The average Bonchev–Trinajstić information content (AvgIpc) is 3.00. The fourth-order valence-corrected chi connectivity index (χ4v) is 2.35. The lowest BCUT2D eigenvalue weighted by molar-refractivity contribution is 0.102. The lowest BCUT2D eigenvalue weighted by atomic mass is 10.2. The van der Waals surface area contributed by atoms with E-state index in [1.807, 2.05) is 0 Å². The number of anilines is 3. The van der Waals surface area contributed by atoms with E-state index in [2.05, 4.69) is 20.8 Å². The Labute approximate surface area is 149 Å². The highest BCUT2D eigenvalue weighted by molar-refractivity contribution is 6.31. The molecule has 8 heteroatoms. The number of aryl methyl sites for hydroxylation is 1. The zero-order valence-electron chi connectivity index (χ0n) is 13.5. The van der Waals surface area contributed by atoms with Crippen LogP contribution in [0.15, 0.2) is 47.2 Å². The summed E-state index contributed by atoms with van der Waals surface area (Å²) in [5.41, 5.74) is 1.46. The van der Waals surface area contributed by atoms with Gasteiger partial charge in [0.15, 0.2) is 5.82 Å². The first kappa shape index (κ1) is 16.8. The third kappa shape index (κ3) is 4.07. The van der Waals surface area contributed by atoms with Gasteiger partial charge in [-0.25, -0.2) is 0 Å². The summed E-state index contributed by atoms with van der Waals surface area (Å²) < 4.78 is 10.2. The van der Waals surface area contributed by atoms with E-state index in [4.69, 9.17) is 20.9 Å². The van der Waals surface area contributed by atoms with Crippen molar-refractivity contribution in [1.29, 1.82) is 0 Å². The van der Waals surface area contributed by atoms with Gasteiger partial charge in [0.25, 0.3) is 5.91 Å². The number of nitrogens with zero attached hydrogens (tertiary/aromatic N) is 2. The van der Waals surface area contributed by atoms with Crippen molar-refractivity contribution in [1.82, 2.24) is 10.1 Å². The zero-order valence-corrected chi connectivity index (χ0v) is 14.3. The largest absolute Gasteiger partial charge is 0.495 e. The Morgan fingerprint density at radius 3 is 2.80 bits per heavy atom. The molecule has 0 saturated heterocycles. The van der Waals surface area contributed by atoms with Crippen LogP contribution in [0, 0.1) is 6.92 Å². The molecule has 0 aliphatic carbocycles. The molecule has 0 saturated carbocycles. The van der Waals surface area contributed by atoms with E-state index in [0.29, 0.717) is 39.3 Å². The summed E-state index contributed by atoms with van der Waals surface area (Å²) in [5.74, 6) is 1.39. The average molecular weight is 359 g/mol. The number of benzene rings is 1. The standard InChI is InChI=1S/C17H15ClN4O3/c1-10-5-16(22-25-10)20-13-6-11(8-19-9-13)17(23)21-14-7-12(18)3-4-15(14)24-2/h3-9H,1-2H3,(H,20,22)(H,21,23). The van der Waals surface area contributed by atoms with Crippen molar-refractivity contribution >= 4 is 34.7 Å². The molecule has 128 valence electrons. The van der Waals surface area contributed by atoms with Crippen molar-refractivity contribution in [2.75, 3.05) is 17.7 Å². The van der Waals surface area contributed by atoms with Crippen LogP contribution in [0.5, 0.6) is 5.75 Å². The number of methoxy groups -OCH3 is 1. The second-order valence-electron chi connectivity index (χ2n) is 5.21. The Kier molecular flexibility index (Phi) is 4.85. The first-order valence-corrected chi connectivity index (χ1v) is 7.73. The Hall–Kier alpha value is -3.06. The lowest BCUT2D eigenvalue weighted by Gasteiger charge is -2.11. The summed E-state index contributed by atoms with van der Waals surface area (Å²) in [4.78, 5) is 16.6. The van der Waals surface area contributed by atoms with Gasteiger partial charge in [0, 0.05) is 17.3 Å². The van der Waals surface area contributed by atoms with Gasteiger partial charge in [0.1, 0.15) is 11.5 Å². The second kappa shape index (κ2) is 7.23. The Bertz CT molecular complexity index is 910. The number of nitrogens with one attached hydrogen (secondary N) is 2. The topological polar surface area (TPSA) is 89.3 Å². The van der Waals surface area contributed by atoms with Gasteiger partial charge < -0.3 is 19.9 Å². The quantitative estimate of drug-likeness (QED) is 0.715. The molecular formula is C17H15ClN4O3. The molecule has 7 nitrogen and oxygen atoms in total. The highest BCUT2D eigenvalue weighted by atomic mass is 35.5. The zero-order chi connectivity index (χ0) is 17.8. The van der Waals surface area contributed by atoms with E-state index in [1.165, 1.54) is 13.3 Å². The second-order valence-corrected chi connectivity index (χ2v) is 5.65. The van der Waals surface area contributed by atoms with Crippen LogP contribution in [0.2, 0.25) is 5.02 Å². The molecule has 2 aromatic heterocycles. The van der Waals surface area contributed by atoms with Crippen LogP contribution < -0.4 is 15.4 Å². The van der Waals surface area contributed by atoms with Crippen LogP contribution in [-0.4, -0.2) is 23.2 Å². The number of amides is 1. The number of carbonyl (C=O) groups excluding carboxylic acids is 1. The number of carbonyl (C=O) groups is 1. The summed E-state index contributed by atoms with van der Waals surface area (Å²) in [5, 5.41) is 10.1. The van der Waals surface area contributed by atoms with Gasteiger partial charge in [-0.3, -0.25) is 9.78 Å². The van der Waals surface area contributed by atoms with Gasteiger partial charge in [-0.15, -0.1) is 0 Å². The molecule has 0 bridgehead atoms. The van der Waals surface area contributed by atoms with Gasteiger partial charge in [0.2, 0.25) is 0 Å². The van der Waals surface area contributed by atoms with E-state index in [9.17, 15) is 4.79 Å². The van der Waals surface area contributed by atoms with Crippen molar-refractivity contribution in [3.63, 3.8) is 0 Å². The minimum Gasteiger partial charge on any atom is -0.495 e. The van der Waals surface area contributed by atoms with Gasteiger partial charge >= 0.3 is 0 Å². The van der Waals surface area contributed by atoms with E-state index in [0.717, 1.165) is 0 Å². The number of aromatic nitrogens is 2. The summed E-state index contributed by atoms with van der Waals surface area (Å²) in [6, 6.07) is 8.38. The molecule has 25 heavy (non-hydrogen) atoms. The molecular weight excluding hydrogens is 344 g/mol. The molecule has 1 aromatic carbocycles. The molecule has 3 rings (SSSR count). The molecule has 2 N–H and O–H groups in total. The smallest absolute Gasteiger partial charge is 0.257 e. The molecule has 0 aliphatic rings.